The van der Waals surface area contributed by atoms with Gasteiger partial charge in [-0.15, -0.1) is 11.3 Å². The molecule has 0 radical (unpaired) electrons. The van der Waals surface area contributed by atoms with Crippen molar-refractivity contribution in [3.8, 4) is 5.75 Å². The monoisotopic (exact) mass is 493 g/mol. The molecule has 1 atom stereocenters. The first-order chi connectivity index (χ1) is 16.2. The van der Waals surface area contributed by atoms with E-state index in [1.807, 2.05) is 13.8 Å². The first kappa shape index (κ1) is 27.4. The van der Waals surface area contributed by atoms with Crippen molar-refractivity contribution in [2.24, 2.45) is 11.1 Å². The maximum Gasteiger partial charge on any atom is 0.353 e. The Morgan fingerprint density at radius 1 is 1.18 bits per heavy atom. The number of carboxylic acids is 1. The average molecular weight is 494 g/mol. The molecule has 0 aliphatic heterocycles. The summed E-state index contributed by atoms with van der Waals surface area (Å²) >= 11 is 1.17. The third-order valence-corrected chi connectivity index (χ3v) is 6.96. The van der Waals surface area contributed by atoms with Crippen molar-refractivity contribution in [3.63, 3.8) is 0 Å². The standard InChI is InChI=1S/C24H32FN3O5S/c1-4-18(21(29)30)28-23(32)24(5-2,6-3)12-16-8-10-20(34-16)22(31)33-19-9-7-15(11-17(19)25)13-27-14-26/h7-11,18,27H,4-6,12-14,26H2,1-3H3,(H,28,32)(H,29,30)/t18-/m0/s1. The number of ether oxygens (including phenoxy) is 1. The third kappa shape index (κ3) is 6.85. The molecule has 0 aliphatic rings. The summed E-state index contributed by atoms with van der Waals surface area (Å²) < 4.78 is 19.6. The number of thiophene rings is 1. The van der Waals surface area contributed by atoms with Crippen LogP contribution >= 0.6 is 11.3 Å². The lowest BCUT2D eigenvalue weighted by molar-refractivity contribution is -0.144. The fourth-order valence-electron chi connectivity index (χ4n) is 3.57. The predicted octanol–water partition coefficient (Wildman–Crippen LogP) is 3.44. The summed E-state index contributed by atoms with van der Waals surface area (Å²) in [6.45, 7) is 6.11. The Kier molecular flexibility index (Phi) is 10.2. The van der Waals surface area contributed by atoms with Gasteiger partial charge in [0.15, 0.2) is 11.6 Å². The molecule has 0 spiro atoms. The van der Waals surface area contributed by atoms with Crippen LogP contribution in [0.15, 0.2) is 30.3 Å². The molecule has 2 aromatic rings. The Morgan fingerprint density at radius 2 is 1.88 bits per heavy atom. The summed E-state index contributed by atoms with van der Waals surface area (Å²) in [6, 6.07) is 6.68. The fourth-order valence-corrected chi connectivity index (χ4v) is 4.60. The highest BCUT2D eigenvalue weighted by atomic mass is 32.1. The highest BCUT2D eigenvalue weighted by Gasteiger charge is 2.37. The van der Waals surface area contributed by atoms with Gasteiger partial charge in [0.1, 0.15) is 10.9 Å². The van der Waals surface area contributed by atoms with Crippen LogP contribution in [0.3, 0.4) is 0 Å². The van der Waals surface area contributed by atoms with Crippen molar-refractivity contribution in [3.05, 3.63) is 51.5 Å². The molecule has 0 saturated carbocycles. The smallest absolute Gasteiger partial charge is 0.353 e. The molecular weight excluding hydrogens is 461 g/mol. The molecule has 1 heterocycles. The number of hydrogen-bond acceptors (Lipinski definition) is 7. The number of carboxylic acid groups (broad SMARTS) is 1. The summed E-state index contributed by atoms with van der Waals surface area (Å²) in [5.74, 6) is -2.92. The molecule has 186 valence electrons. The van der Waals surface area contributed by atoms with Gasteiger partial charge in [0.25, 0.3) is 0 Å². The zero-order chi connectivity index (χ0) is 25.3. The molecular formula is C24H32FN3O5S. The van der Waals surface area contributed by atoms with E-state index in [0.29, 0.717) is 31.4 Å². The molecule has 1 aromatic carbocycles. The normalized spacial score (nSPS) is 12.3. The van der Waals surface area contributed by atoms with Crippen LogP contribution in [0.5, 0.6) is 5.75 Å². The molecule has 2 rings (SSSR count). The quantitative estimate of drug-likeness (QED) is 0.191. The van der Waals surface area contributed by atoms with Gasteiger partial charge in [-0.05, 0) is 55.5 Å². The summed E-state index contributed by atoms with van der Waals surface area (Å²) in [6.07, 6.45) is 1.62. The van der Waals surface area contributed by atoms with Gasteiger partial charge in [-0.2, -0.15) is 0 Å². The molecule has 0 saturated heterocycles. The first-order valence-corrected chi connectivity index (χ1v) is 12.0. The molecule has 0 unspecified atom stereocenters. The number of halogens is 1. The maximum atomic E-state index is 14.3. The largest absolute Gasteiger partial charge is 0.480 e. The zero-order valence-corrected chi connectivity index (χ0v) is 20.5. The second kappa shape index (κ2) is 12.6. The van der Waals surface area contributed by atoms with Gasteiger partial charge in [0, 0.05) is 18.1 Å². The first-order valence-electron chi connectivity index (χ1n) is 11.2. The van der Waals surface area contributed by atoms with E-state index in [1.54, 1.807) is 25.1 Å². The van der Waals surface area contributed by atoms with Crippen LogP contribution < -0.4 is 21.1 Å². The number of rotatable bonds is 13. The van der Waals surface area contributed by atoms with Crippen molar-refractivity contribution in [2.75, 3.05) is 6.67 Å². The molecule has 0 aliphatic carbocycles. The predicted molar refractivity (Wildman–Crippen MR) is 128 cm³/mol. The SMILES string of the molecule is CC[C@H](NC(=O)C(CC)(CC)Cc1ccc(C(=O)Oc2ccc(CNCN)cc2F)s1)C(=O)O. The highest BCUT2D eigenvalue weighted by Crippen LogP contribution is 2.34. The minimum absolute atomic E-state index is 0.174. The van der Waals surface area contributed by atoms with Crippen molar-refractivity contribution >= 4 is 29.2 Å². The van der Waals surface area contributed by atoms with Crippen molar-refractivity contribution in [1.82, 2.24) is 10.6 Å². The average Bonchev–Trinajstić information content (AvgIpc) is 3.29. The van der Waals surface area contributed by atoms with Crippen molar-refractivity contribution in [2.45, 2.75) is 59.0 Å². The Balaban J connectivity index is 2.12. The van der Waals surface area contributed by atoms with E-state index in [4.69, 9.17) is 10.5 Å². The van der Waals surface area contributed by atoms with E-state index in [-0.39, 0.29) is 29.6 Å². The summed E-state index contributed by atoms with van der Waals surface area (Å²) in [7, 11) is 0. The van der Waals surface area contributed by atoms with E-state index in [1.165, 1.54) is 23.5 Å². The number of aliphatic carboxylic acids is 1. The second-order valence-corrected chi connectivity index (χ2v) is 9.16. The topological polar surface area (TPSA) is 131 Å². The van der Waals surface area contributed by atoms with Crippen LogP contribution in [0.4, 0.5) is 4.39 Å². The number of esters is 1. The van der Waals surface area contributed by atoms with Gasteiger partial charge < -0.3 is 26.2 Å². The van der Waals surface area contributed by atoms with E-state index < -0.39 is 29.2 Å². The lowest BCUT2D eigenvalue weighted by Crippen LogP contribution is -2.48. The molecule has 5 N–H and O–H groups in total. The summed E-state index contributed by atoms with van der Waals surface area (Å²) in [5, 5.41) is 14.8. The fraction of sp³-hybridized carbons (Fsp3) is 0.458. The van der Waals surface area contributed by atoms with Crippen LogP contribution in [0.1, 0.15) is 60.1 Å². The van der Waals surface area contributed by atoms with Crippen molar-refractivity contribution < 1.29 is 28.6 Å². The number of amides is 1. The van der Waals surface area contributed by atoms with Crippen LogP contribution in [0, 0.1) is 11.2 Å². The second-order valence-electron chi connectivity index (χ2n) is 7.99. The molecule has 8 nitrogen and oxygen atoms in total. The zero-order valence-electron chi connectivity index (χ0n) is 19.7. The lowest BCUT2D eigenvalue weighted by atomic mass is 9.77. The Bertz CT molecular complexity index is 1010. The van der Waals surface area contributed by atoms with Crippen LogP contribution in [0.25, 0.3) is 0 Å². The molecule has 1 aromatic heterocycles. The number of carbonyl (C=O) groups excluding carboxylic acids is 2. The van der Waals surface area contributed by atoms with Gasteiger partial charge in [0.05, 0.1) is 5.41 Å². The van der Waals surface area contributed by atoms with Crippen LogP contribution in [-0.4, -0.2) is 35.7 Å². The van der Waals surface area contributed by atoms with E-state index in [2.05, 4.69) is 10.6 Å². The molecule has 34 heavy (non-hydrogen) atoms. The molecule has 0 fully saturated rings. The Hall–Kier alpha value is -2.82. The molecule has 1 amide bonds. The van der Waals surface area contributed by atoms with E-state index >= 15 is 0 Å². The van der Waals surface area contributed by atoms with Crippen molar-refractivity contribution in [1.29, 1.82) is 0 Å². The number of hydrogen-bond donors (Lipinski definition) is 4. The van der Waals surface area contributed by atoms with E-state index in [0.717, 1.165) is 4.88 Å². The van der Waals surface area contributed by atoms with Crippen LogP contribution in [0.2, 0.25) is 0 Å². The van der Waals surface area contributed by atoms with Gasteiger partial charge in [-0.3, -0.25) is 4.79 Å². The minimum atomic E-state index is -1.07. The number of nitrogens with two attached hydrogens (primary N) is 1. The summed E-state index contributed by atoms with van der Waals surface area (Å²) in [5.41, 5.74) is 5.23. The van der Waals surface area contributed by atoms with Crippen LogP contribution in [-0.2, 0) is 22.6 Å². The molecule has 0 bridgehead atoms. The number of benzene rings is 1. The number of carbonyl (C=O) groups is 3. The minimum Gasteiger partial charge on any atom is -0.480 e. The molecule has 10 heteroatoms. The lowest BCUT2D eigenvalue weighted by Gasteiger charge is -2.31. The highest BCUT2D eigenvalue weighted by molar-refractivity contribution is 7.14. The van der Waals surface area contributed by atoms with Gasteiger partial charge in [-0.25, -0.2) is 14.0 Å². The summed E-state index contributed by atoms with van der Waals surface area (Å²) in [4.78, 5) is 38.0. The van der Waals surface area contributed by atoms with E-state index in [9.17, 15) is 23.9 Å². The maximum absolute atomic E-state index is 14.3. The number of nitrogens with one attached hydrogen (secondary N) is 2. The van der Waals surface area contributed by atoms with Gasteiger partial charge in [0.2, 0.25) is 5.91 Å². The van der Waals surface area contributed by atoms with Gasteiger partial charge >= 0.3 is 11.9 Å². The Morgan fingerprint density at radius 3 is 2.44 bits per heavy atom. The van der Waals surface area contributed by atoms with Gasteiger partial charge in [-0.1, -0.05) is 26.8 Å². The Labute approximate surface area is 202 Å². The third-order valence-electron chi connectivity index (χ3n) is 5.89.